The maximum Gasteiger partial charge on any atom is 0.265 e. The number of amides is 2. The molecule has 2 heterocycles. The van der Waals surface area contributed by atoms with Gasteiger partial charge in [0.05, 0.1) is 9.77 Å². The van der Waals surface area contributed by atoms with E-state index in [9.17, 15) is 18.0 Å². The molecule has 1 spiro atoms. The number of aryl methyl sites for hydroxylation is 2. The van der Waals surface area contributed by atoms with E-state index in [1.165, 1.54) is 16.5 Å². The average molecular weight is 500 g/mol. The summed E-state index contributed by atoms with van der Waals surface area (Å²) in [5, 5.41) is 5.83. The summed E-state index contributed by atoms with van der Waals surface area (Å²) in [6.45, 7) is 3.87. The predicted octanol–water partition coefficient (Wildman–Crippen LogP) is 3.87. The number of hydrogen-bond donors (Lipinski definition) is 2. The van der Waals surface area contributed by atoms with Crippen molar-refractivity contribution in [2.45, 2.75) is 67.8 Å². The lowest BCUT2D eigenvalue weighted by Crippen LogP contribution is -2.63. The summed E-state index contributed by atoms with van der Waals surface area (Å²) < 4.78 is 28.7. The number of rotatable bonds is 6. The summed E-state index contributed by atoms with van der Waals surface area (Å²) in [5.74, 6) is -0.382. The third kappa shape index (κ3) is 4.21. The molecule has 0 bridgehead atoms. The van der Waals surface area contributed by atoms with Crippen LogP contribution >= 0.6 is 11.3 Å². The van der Waals surface area contributed by atoms with Crippen LogP contribution in [0.2, 0.25) is 0 Å². The molecule has 1 saturated carbocycles. The molecule has 1 saturated heterocycles. The maximum absolute atomic E-state index is 13.6. The second-order valence-electron chi connectivity index (χ2n) is 9.45. The van der Waals surface area contributed by atoms with E-state index in [0.29, 0.717) is 30.0 Å². The number of nitrogens with zero attached hydrogens (tertiary/aromatic N) is 1. The molecule has 1 aromatic carbocycles. The van der Waals surface area contributed by atoms with E-state index in [2.05, 4.69) is 17.2 Å². The zero-order chi connectivity index (χ0) is 23.9. The molecule has 2 aromatic rings. The first-order valence-corrected chi connectivity index (χ1v) is 14.1. The van der Waals surface area contributed by atoms with E-state index in [-0.39, 0.29) is 22.8 Å². The molecular weight excluding hydrogens is 470 g/mol. The normalized spacial score (nSPS) is 21.5. The van der Waals surface area contributed by atoms with Crippen molar-refractivity contribution in [3.05, 3.63) is 58.3 Å². The molecule has 1 unspecified atom stereocenters. The largest absolute Gasteiger partial charge is 0.350 e. The molecule has 3 aliphatic rings. The molecule has 0 radical (unpaired) electrons. The van der Waals surface area contributed by atoms with Crippen molar-refractivity contribution in [3.8, 4) is 0 Å². The molecule has 1 aromatic heterocycles. The van der Waals surface area contributed by atoms with Crippen LogP contribution in [0.1, 0.15) is 58.6 Å². The van der Waals surface area contributed by atoms with Gasteiger partial charge in [-0.05, 0) is 93.3 Å². The van der Waals surface area contributed by atoms with Gasteiger partial charge in [-0.25, -0.2) is 8.42 Å². The Hall–Kier alpha value is -2.49. The highest BCUT2D eigenvalue weighted by atomic mass is 32.2. The van der Waals surface area contributed by atoms with E-state index in [1.807, 2.05) is 6.07 Å². The second kappa shape index (κ2) is 8.94. The molecule has 2 amide bonds. The lowest BCUT2D eigenvalue weighted by atomic mass is 9.70. The summed E-state index contributed by atoms with van der Waals surface area (Å²) in [6, 6.07) is 8.36. The maximum atomic E-state index is 13.6. The van der Waals surface area contributed by atoms with Crippen molar-refractivity contribution >= 4 is 38.9 Å². The highest BCUT2D eigenvalue weighted by Gasteiger charge is 2.51. The SMILES string of the molecule is C=CC(=O)NC1CCN(S(=O)(=O)c2ccc(NC(=O)c3cc4c(s3)CCC4)cc2)C2(CCC2)C1. The van der Waals surface area contributed by atoms with Crippen molar-refractivity contribution in [2.75, 3.05) is 11.9 Å². The molecule has 2 N–H and O–H groups in total. The molecule has 1 aliphatic heterocycles. The molecule has 9 heteroatoms. The van der Waals surface area contributed by atoms with Crippen LogP contribution in [0.15, 0.2) is 47.9 Å². The van der Waals surface area contributed by atoms with Crippen LogP contribution in [0.25, 0.3) is 0 Å². The van der Waals surface area contributed by atoms with Crippen molar-refractivity contribution in [1.82, 2.24) is 9.62 Å². The topological polar surface area (TPSA) is 95.6 Å². The monoisotopic (exact) mass is 499 g/mol. The average Bonchev–Trinajstić information content (AvgIpc) is 3.41. The quantitative estimate of drug-likeness (QED) is 0.590. The van der Waals surface area contributed by atoms with Crippen LogP contribution in [-0.4, -0.2) is 42.7 Å². The second-order valence-corrected chi connectivity index (χ2v) is 12.4. The lowest BCUT2D eigenvalue weighted by Gasteiger charge is -2.54. The van der Waals surface area contributed by atoms with Crippen LogP contribution in [0.4, 0.5) is 5.69 Å². The van der Waals surface area contributed by atoms with E-state index >= 15 is 0 Å². The number of thiophene rings is 1. The number of piperidine rings is 1. The Morgan fingerprint density at radius 1 is 1.15 bits per heavy atom. The number of carbonyl (C=O) groups is 2. The molecular formula is C25H29N3O4S2. The first kappa shape index (κ1) is 23.3. The van der Waals surface area contributed by atoms with Gasteiger partial charge in [0.15, 0.2) is 0 Å². The van der Waals surface area contributed by atoms with E-state index < -0.39 is 15.6 Å². The van der Waals surface area contributed by atoms with Gasteiger partial charge < -0.3 is 10.6 Å². The van der Waals surface area contributed by atoms with Crippen LogP contribution in [0.3, 0.4) is 0 Å². The first-order valence-electron chi connectivity index (χ1n) is 11.8. The Morgan fingerprint density at radius 3 is 2.56 bits per heavy atom. The third-order valence-corrected chi connectivity index (χ3v) is 10.6. The minimum absolute atomic E-state index is 0.0477. The number of nitrogens with one attached hydrogen (secondary N) is 2. The molecule has 34 heavy (non-hydrogen) atoms. The minimum Gasteiger partial charge on any atom is -0.350 e. The van der Waals surface area contributed by atoms with Crippen LogP contribution in [0, 0.1) is 0 Å². The summed E-state index contributed by atoms with van der Waals surface area (Å²) in [4.78, 5) is 26.6. The van der Waals surface area contributed by atoms with Crippen molar-refractivity contribution in [1.29, 1.82) is 0 Å². The predicted molar refractivity (Wildman–Crippen MR) is 133 cm³/mol. The molecule has 180 valence electrons. The fourth-order valence-electron chi connectivity index (χ4n) is 5.44. The number of anilines is 1. The van der Waals surface area contributed by atoms with Gasteiger partial charge in [-0.2, -0.15) is 4.31 Å². The van der Waals surface area contributed by atoms with Gasteiger partial charge >= 0.3 is 0 Å². The van der Waals surface area contributed by atoms with E-state index in [0.717, 1.165) is 38.5 Å². The van der Waals surface area contributed by atoms with Gasteiger partial charge in [0.25, 0.3) is 5.91 Å². The highest BCUT2D eigenvalue weighted by molar-refractivity contribution is 7.89. The van der Waals surface area contributed by atoms with Crippen LogP contribution < -0.4 is 10.6 Å². The Labute approximate surface area is 204 Å². The zero-order valence-corrected chi connectivity index (χ0v) is 20.6. The number of fused-ring (bicyclic) bond motifs is 1. The Kier molecular flexibility index (Phi) is 6.12. The first-order chi connectivity index (χ1) is 16.3. The van der Waals surface area contributed by atoms with Gasteiger partial charge in [0.1, 0.15) is 0 Å². The lowest BCUT2D eigenvalue weighted by molar-refractivity contribution is -0.117. The fraction of sp³-hybridized carbons (Fsp3) is 0.440. The summed E-state index contributed by atoms with van der Waals surface area (Å²) in [7, 11) is -3.69. The van der Waals surface area contributed by atoms with Crippen molar-refractivity contribution < 1.29 is 18.0 Å². The van der Waals surface area contributed by atoms with Crippen molar-refractivity contribution in [3.63, 3.8) is 0 Å². The standard InChI is InChI=1S/C25H29N3O4S2/c1-2-23(29)26-19-11-14-28(25(16-19)12-4-13-25)34(31,32)20-9-7-18(8-10-20)27-24(30)22-15-17-5-3-6-21(17)33-22/h2,7-10,15,19H,1,3-6,11-14,16H2,(H,26,29)(H,27,30). The molecule has 2 aliphatic carbocycles. The van der Waals surface area contributed by atoms with Gasteiger partial charge in [-0.1, -0.05) is 6.58 Å². The van der Waals surface area contributed by atoms with E-state index in [1.54, 1.807) is 39.9 Å². The molecule has 1 atom stereocenters. The Bertz CT molecular complexity index is 1210. The Balaban J connectivity index is 1.29. The van der Waals surface area contributed by atoms with Crippen LogP contribution in [0.5, 0.6) is 0 Å². The molecule has 5 rings (SSSR count). The number of sulfonamides is 1. The molecule has 7 nitrogen and oxygen atoms in total. The van der Waals surface area contributed by atoms with Gasteiger partial charge in [0.2, 0.25) is 15.9 Å². The number of benzene rings is 1. The summed E-state index contributed by atoms with van der Waals surface area (Å²) >= 11 is 1.54. The summed E-state index contributed by atoms with van der Waals surface area (Å²) in [6.07, 6.45) is 8.24. The zero-order valence-electron chi connectivity index (χ0n) is 19.0. The highest BCUT2D eigenvalue weighted by Crippen LogP contribution is 2.47. The number of hydrogen-bond acceptors (Lipinski definition) is 5. The van der Waals surface area contributed by atoms with Crippen molar-refractivity contribution in [2.24, 2.45) is 0 Å². The van der Waals surface area contributed by atoms with Gasteiger partial charge in [0, 0.05) is 28.7 Å². The fourth-order valence-corrected chi connectivity index (χ4v) is 8.44. The third-order valence-electron chi connectivity index (χ3n) is 7.32. The smallest absolute Gasteiger partial charge is 0.265 e. The minimum atomic E-state index is -3.69. The summed E-state index contributed by atoms with van der Waals surface area (Å²) in [5.41, 5.74) is 1.40. The van der Waals surface area contributed by atoms with E-state index in [4.69, 9.17) is 0 Å². The van der Waals surface area contributed by atoms with Gasteiger partial charge in [-0.15, -0.1) is 11.3 Å². The van der Waals surface area contributed by atoms with Gasteiger partial charge in [-0.3, -0.25) is 9.59 Å². The number of carbonyl (C=O) groups excluding carboxylic acids is 2. The van der Waals surface area contributed by atoms with Crippen LogP contribution in [-0.2, 0) is 27.7 Å². The molecule has 2 fully saturated rings. The Morgan fingerprint density at radius 2 is 1.91 bits per heavy atom.